The van der Waals surface area contributed by atoms with Crippen molar-refractivity contribution in [3.05, 3.63) is 59.7 Å². The molecule has 1 unspecified atom stereocenters. The van der Waals surface area contributed by atoms with Gasteiger partial charge in [-0.25, -0.2) is 0 Å². The molecule has 0 aromatic heterocycles. The third-order valence-electron chi connectivity index (χ3n) is 3.05. The van der Waals surface area contributed by atoms with Crippen LogP contribution < -0.4 is 0 Å². The Morgan fingerprint density at radius 3 is 2.37 bits per heavy atom. The van der Waals surface area contributed by atoms with Gasteiger partial charge in [-0.2, -0.15) is 0 Å². The second-order valence-electron chi connectivity index (χ2n) is 5.90. The van der Waals surface area contributed by atoms with Gasteiger partial charge in [-0.3, -0.25) is 0 Å². The summed E-state index contributed by atoms with van der Waals surface area (Å²) in [6.07, 6.45) is 6.79. The van der Waals surface area contributed by atoms with Gasteiger partial charge in [-0.1, -0.05) is 74.1 Å². The molecule has 2 heteroatoms. The Morgan fingerprint density at radius 1 is 1.16 bits per heavy atom. The molecule has 19 heavy (non-hydrogen) atoms. The Hall–Kier alpha value is -1.56. The fourth-order valence-electron chi connectivity index (χ4n) is 2.01. The number of hydrogen-bond acceptors (Lipinski definition) is 1. The van der Waals surface area contributed by atoms with E-state index in [1.165, 1.54) is 0 Å². The highest BCUT2D eigenvalue weighted by Gasteiger charge is 2.32. The van der Waals surface area contributed by atoms with Gasteiger partial charge in [-0.15, -0.1) is 5.54 Å². The van der Waals surface area contributed by atoms with Gasteiger partial charge in [0, 0.05) is 5.56 Å². The number of benzene rings is 1. The van der Waals surface area contributed by atoms with E-state index in [0.717, 1.165) is 17.6 Å². The van der Waals surface area contributed by atoms with Gasteiger partial charge in [0.2, 0.25) is 0 Å². The fraction of sp³-hybridized carbons (Fsp3) is 0.294. The minimum atomic E-state index is -1.52. The lowest BCUT2D eigenvalue weighted by Gasteiger charge is -2.25. The summed E-state index contributed by atoms with van der Waals surface area (Å²) in [4.78, 5) is 0. The SMILES string of the molecule is C[Si](C)(C)C#CC(O)(C1=CC=CC1)c1ccccc1. The number of hydrogen-bond donors (Lipinski definition) is 1. The molecule has 0 heterocycles. The molecule has 2 rings (SSSR count). The number of aliphatic hydroxyl groups is 1. The minimum Gasteiger partial charge on any atom is -0.370 e. The van der Waals surface area contributed by atoms with E-state index in [4.69, 9.17) is 0 Å². The Bertz CT molecular complexity index is 567. The van der Waals surface area contributed by atoms with Crippen molar-refractivity contribution in [2.24, 2.45) is 0 Å². The maximum absolute atomic E-state index is 11.1. The van der Waals surface area contributed by atoms with Crippen LogP contribution in [0.15, 0.2) is 54.1 Å². The van der Waals surface area contributed by atoms with Crippen LogP contribution in [0.25, 0.3) is 0 Å². The molecular formula is C17H20OSi. The van der Waals surface area contributed by atoms with Gasteiger partial charge in [0.25, 0.3) is 0 Å². The second-order valence-corrected chi connectivity index (χ2v) is 10.7. The molecule has 1 aliphatic rings. The number of allylic oxidation sites excluding steroid dienone is 3. The predicted molar refractivity (Wildman–Crippen MR) is 83.3 cm³/mol. The molecule has 0 saturated heterocycles. The van der Waals surface area contributed by atoms with Crippen LogP contribution in [-0.2, 0) is 5.60 Å². The van der Waals surface area contributed by atoms with Crippen molar-refractivity contribution in [3.8, 4) is 11.5 Å². The van der Waals surface area contributed by atoms with Gasteiger partial charge in [-0.05, 0) is 12.0 Å². The summed E-state index contributed by atoms with van der Waals surface area (Å²) in [6.45, 7) is 6.56. The van der Waals surface area contributed by atoms with Crippen LogP contribution in [0.4, 0.5) is 0 Å². The molecule has 1 aromatic carbocycles. The average molecular weight is 268 g/mol. The Kier molecular flexibility index (Phi) is 3.80. The van der Waals surface area contributed by atoms with E-state index in [0.29, 0.717) is 0 Å². The van der Waals surface area contributed by atoms with E-state index in [1.54, 1.807) is 0 Å². The lowest BCUT2D eigenvalue weighted by molar-refractivity contribution is 0.139. The quantitative estimate of drug-likeness (QED) is 0.641. The van der Waals surface area contributed by atoms with E-state index in [-0.39, 0.29) is 0 Å². The van der Waals surface area contributed by atoms with Gasteiger partial charge in [0.1, 0.15) is 8.07 Å². The largest absolute Gasteiger partial charge is 0.370 e. The lowest BCUT2D eigenvalue weighted by Crippen LogP contribution is -2.28. The van der Waals surface area contributed by atoms with Crippen LogP contribution in [0, 0.1) is 11.5 Å². The Labute approximate surface area is 116 Å². The highest BCUT2D eigenvalue weighted by atomic mass is 28.3. The molecule has 1 N–H and O–H groups in total. The topological polar surface area (TPSA) is 20.2 Å². The summed E-state index contributed by atoms with van der Waals surface area (Å²) in [6, 6.07) is 9.73. The van der Waals surface area contributed by atoms with E-state index < -0.39 is 13.7 Å². The first-order valence-electron chi connectivity index (χ1n) is 6.60. The first-order valence-corrected chi connectivity index (χ1v) is 10.1. The van der Waals surface area contributed by atoms with Gasteiger partial charge >= 0.3 is 0 Å². The maximum atomic E-state index is 11.1. The van der Waals surface area contributed by atoms with Crippen molar-refractivity contribution in [3.63, 3.8) is 0 Å². The maximum Gasteiger partial charge on any atom is 0.172 e. The zero-order chi connectivity index (χ0) is 13.9. The fourth-order valence-corrected chi connectivity index (χ4v) is 2.57. The molecule has 0 amide bonds. The predicted octanol–water partition coefficient (Wildman–Crippen LogP) is 3.64. The zero-order valence-corrected chi connectivity index (χ0v) is 12.8. The summed E-state index contributed by atoms with van der Waals surface area (Å²) >= 11 is 0. The molecular weight excluding hydrogens is 248 g/mol. The normalized spacial score (nSPS) is 17.4. The highest BCUT2D eigenvalue weighted by Crippen LogP contribution is 2.33. The third-order valence-corrected chi connectivity index (χ3v) is 3.92. The Balaban J connectivity index is 2.47. The van der Waals surface area contributed by atoms with Crippen molar-refractivity contribution in [2.45, 2.75) is 31.7 Å². The van der Waals surface area contributed by atoms with Gasteiger partial charge in [0.05, 0.1) is 0 Å². The first-order chi connectivity index (χ1) is 8.92. The number of rotatable bonds is 2. The molecule has 0 bridgehead atoms. The molecule has 0 spiro atoms. The summed E-state index contributed by atoms with van der Waals surface area (Å²) in [5.41, 5.74) is 3.98. The van der Waals surface area contributed by atoms with Crippen molar-refractivity contribution in [1.29, 1.82) is 0 Å². The summed E-state index contributed by atoms with van der Waals surface area (Å²) in [7, 11) is -1.52. The van der Waals surface area contributed by atoms with Crippen LogP contribution in [0.3, 0.4) is 0 Å². The summed E-state index contributed by atoms with van der Waals surface area (Å²) in [5.74, 6) is 3.15. The summed E-state index contributed by atoms with van der Waals surface area (Å²) in [5, 5.41) is 11.1. The van der Waals surface area contributed by atoms with Crippen molar-refractivity contribution < 1.29 is 5.11 Å². The molecule has 0 aliphatic heterocycles. The van der Waals surface area contributed by atoms with Crippen molar-refractivity contribution in [2.75, 3.05) is 0 Å². The molecule has 1 nitrogen and oxygen atoms in total. The van der Waals surface area contributed by atoms with Crippen molar-refractivity contribution >= 4 is 8.07 Å². The Morgan fingerprint density at radius 2 is 1.84 bits per heavy atom. The van der Waals surface area contributed by atoms with Gasteiger partial charge < -0.3 is 5.11 Å². The molecule has 98 valence electrons. The lowest BCUT2D eigenvalue weighted by atomic mass is 9.86. The third kappa shape index (κ3) is 3.26. The standard InChI is InChI=1S/C17H20OSi/c1-19(2,3)14-13-17(18,16-11-7-8-12-16)15-9-5-4-6-10-15/h4-11,18H,12H2,1-3H3. The van der Waals surface area contributed by atoms with Gasteiger partial charge in [0.15, 0.2) is 5.60 Å². The second kappa shape index (κ2) is 5.20. The molecule has 0 fully saturated rings. The van der Waals surface area contributed by atoms with E-state index in [2.05, 4.69) is 37.2 Å². The zero-order valence-electron chi connectivity index (χ0n) is 11.8. The van der Waals surface area contributed by atoms with Crippen LogP contribution in [-0.4, -0.2) is 13.2 Å². The molecule has 0 saturated carbocycles. The van der Waals surface area contributed by atoms with Crippen LogP contribution in [0.5, 0.6) is 0 Å². The van der Waals surface area contributed by atoms with Crippen LogP contribution in [0.2, 0.25) is 19.6 Å². The monoisotopic (exact) mass is 268 g/mol. The van der Waals surface area contributed by atoms with Crippen molar-refractivity contribution in [1.82, 2.24) is 0 Å². The van der Waals surface area contributed by atoms with E-state index in [9.17, 15) is 5.11 Å². The van der Waals surface area contributed by atoms with E-state index >= 15 is 0 Å². The smallest absolute Gasteiger partial charge is 0.172 e. The molecule has 1 aromatic rings. The highest BCUT2D eigenvalue weighted by molar-refractivity contribution is 6.83. The average Bonchev–Trinajstić information content (AvgIpc) is 2.90. The summed E-state index contributed by atoms with van der Waals surface area (Å²) < 4.78 is 0. The molecule has 0 radical (unpaired) electrons. The molecule has 1 atom stereocenters. The van der Waals surface area contributed by atoms with Crippen LogP contribution >= 0.6 is 0 Å². The minimum absolute atomic E-state index is 0.770. The van der Waals surface area contributed by atoms with Crippen LogP contribution in [0.1, 0.15) is 12.0 Å². The first kappa shape index (κ1) is 13.9. The van der Waals surface area contributed by atoms with E-state index in [1.807, 2.05) is 42.5 Å². The molecule has 1 aliphatic carbocycles.